The molecule has 0 atom stereocenters. The second-order valence-electron chi connectivity index (χ2n) is 3.19. The van der Waals surface area contributed by atoms with Crippen molar-refractivity contribution in [3.05, 3.63) is 0 Å². The Kier molecular flexibility index (Phi) is 3.68. The topological polar surface area (TPSA) is 75.3 Å². The Hall–Kier alpha value is -0.620. The first-order chi connectivity index (χ1) is 6.14. The molecule has 1 fully saturated rings. The molecule has 76 valence electrons. The number of hydrogen-bond acceptors (Lipinski definition) is 3. The molecule has 1 amide bonds. The van der Waals surface area contributed by atoms with Crippen LogP contribution in [0.4, 0.5) is 0 Å². The number of rotatable bonds is 4. The molecule has 0 heterocycles. The smallest absolute Gasteiger partial charge is 0.278 e. The van der Waals surface area contributed by atoms with Crippen molar-refractivity contribution in [3.63, 3.8) is 0 Å². The summed E-state index contributed by atoms with van der Waals surface area (Å²) in [5, 5.41) is 0. The molecule has 6 heteroatoms. The van der Waals surface area contributed by atoms with E-state index in [0.717, 1.165) is 25.7 Å². The van der Waals surface area contributed by atoms with Gasteiger partial charge in [0.05, 0.1) is 0 Å². The molecule has 0 saturated heterocycles. The normalized spacial score (nSPS) is 19.7. The zero-order valence-electron chi connectivity index (χ0n) is 7.32. The zero-order chi connectivity index (χ0) is 9.73. The van der Waals surface area contributed by atoms with Gasteiger partial charge in [-0.25, -0.2) is 4.72 Å². The average Bonchev–Trinajstić information content (AvgIpc) is 2.04. The SMILES string of the molecule is O=CNS(=O)(=O)NC1CCCCC1. The molecule has 1 aliphatic rings. The van der Waals surface area contributed by atoms with Gasteiger partial charge in [-0.05, 0) is 12.8 Å². The molecule has 0 radical (unpaired) electrons. The molecule has 0 aromatic heterocycles. The van der Waals surface area contributed by atoms with Gasteiger partial charge in [0.15, 0.2) is 0 Å². The minimum atomic E-state index is -3.60. The summed E-state index contributed by atoms with van der Waals surface area (Å²) in [6.07, 6.45) is 5.16. The first-order valence-corrected chi connectivity index (χ1v) is 5.85. The van der Waals surface area contributed by atoms with E-state index in [0.29, 0.717) is 0 Å². The molecule has 1 aliphatic carbocycles. The molecule has 0 unspecified atom stereocenters. The maximum Gasteiger partial charge on any atom is 0.301 e. The maximum atomic E-state index is 11.0. The second kappa shape index (κ2) is 4.57. The third-order valence-corrected chi connectivity index (χ3v) is 3.18. The van der Waals surface area contributed by atoms with Crippen molar-refractivity contribution in [2.45, 2.75) is 38.1 Å². The summed E-state index contributed by atoms with van der Waals surface area (Å²) in [4.78, 5) is 9.93. The number of amides is 1. The molecule has 2 N–H and O–H groups in total. The van der Waals surface area contributed by atoms with E-state index in [2.05, 4.69) is 4.72 Å². The summed E-state index contributed by atoms with van der Waals surface area (Å²) in [7, 11) is -3.60. The Morgan fingerprint density at radius 3 is 2.31 bits per heavy atom. The van der Waals surface area contributed by atoms with Crippen molar-refractivity contribution in [2.24, 2.45) is 0 Å². The Morgan fingerprint density at radius 2 is 1.77 bits per heavy atom. The van der Waals surface area contributed by atoms with Crippen LogP contribution in [0.15, 0.2) is 0 Å². The van der Waals surface area contributed by atoms with Gasteiger partial charge < -0.3 is 0 Å². The lowest BCUT2D eigenvalue weighted by molar-refractivity contribution is -0.108. The zero-order valence-corrected chi connectivity index (χ0v) is 8.14. The molecule has 0 bridgehead atoms. The molecule has 0 spiro atoms. The lowest BCUT2D eigenvalue weighted by atomic mass is 9.96. The highest BCUT2D eigenvalue weighted by atomic mass is 32.2. The number of carbonyl (C=O) groups is 1. The van der Waals surface area contributed by atoms with E-state index >= 15 is 0 Å². The third kappa shape index (κ3) is 3.73. The van der Waals surface area contributed by atoms with Gasteiger partial charge >= 0.3 is 10.2 Å². The molecule has 5 nitrogen and oxygen atoms in total. The van der Waals surface area contributed by atoms with Crippen LogP contribution in [0.3, 0.4) is 0 Å². The molecular weight excluding hydrogens is 192 g/mol. The standard InChI is InChI=1S/C7H14N2O3S/c10-6-8-13(11,12)9-7-4-2-1-3-5-7/h6-7,9H,1-5H2,(H,8,10). The van der Waals surface area contributed by atoms with Crippen LogP contribution in [0.2, 0.25) is 0 Å². The van der Waals surface area contributed by atoms with Crippen LogP contribution in [0, 0.1) is 0 Å². The van der Waals surface area contributed by atoms with E-state index in [-0.39, 0.29) is 12.5 Å². The number of hydrogen-bond donors (Lipinski definition) is 2. The number of carbonyl (C=O) groups excluding carboxylic acids is 1. The van der Waals surface area contributed by atoms with Crippen LogP contribution in [0.25, 0.3) is 0 Å². The van der Waals surface area contributed by atoms with Crippen LogP contribution in [0.1, 0.15) is 32.1 Å². The van der Waals surface area contributed by atoms with Crippen molar-refractivity contribution in [3.8, 4) is 0 Å². The van der Waals surface area contributed by atoms with E-state index in [1.54, 1.807) is 4.72 Å². The molecule has 0 aliphatic heterocycles. The fraction of sp³-hybridized carbons (Fsp3) is 0.857. The second-order valence-corrected chi connectivity index (χ2v) is 4.67. The summed E-state index contributed by atoms with van der Waals surface area (Å²) < 4.78 is 26.3. The van der Waals surface area contributed by atoms with Gasteiger partial charge in [-0.15, -0.1) is 0 Å². The van der Waals surface area contributed by atoms with Crippen LogP contribution in [-0.4, -0.2) is 20.9 Å². The van der Waals surface area contributed by atoms with Gasteiger partial charge in [-0.1, -0.05) is 19.3 Å². The van der Waals surface area contributed by atoms with Gasteiger partial charge in [0, 0.05) is 6.04 Å². The van der Waals surface area contributed by atoms with Crippen LogP contribution in [-0.2, 0) is 15.0 Å². The quantitative estimate of drug-likeness (QED) is 0.631. The highest BCUT2D eigenvalue weighted by molar-refractivity contribution is 7.88. The summed E-state index contributed by atoms with van der Waals surface area (Å²) in [6, 6.07) is -0.00815. The van der Waals surface area contributed by atoms with Gasteiger partial charge in [0.25, 0.3) is 0 Å². The molecular formula is C7H14N2O3S. The fourth-order valence-electron chi connectivity index (χ4n) is 1.54. The first-order valence-electron chi connectivity index (χ1n) is 4.37. The fourth-order valence-corrected chi connectivity index (χ4v) is 2.41. The molecule has 0 aromatic carbocycles. The van der Waals surface area contributed by atoms with Crippen LogP contribution >= 0.6 is 0 Å². The lowest BCUT2D eigenvalue weighted by Gasteiger charge is -2.21. The molecule has 1 rings (SSSR count). The third-order valence-electron chi connectivity index (χ3n) is 2.13. The predicted octanol–water partition coefficient (Wildman–Crippen LogP) is -0.101. The number of nitrogens with one attached hydrogen (secondary N) is 2. The lowest BCUT2D eigenvalue weighted by Crippen LogP contribution is -2.42. The minimum Gasteiger partial charge on any atom is -0.278 e. The first kappa shape index (κ1) is 10.5. The van der Waals surface area contributed by atoms with E-state index in [1.165, 1.54) is 6.42 Å². The predicted molar refractivity (Wildman–Crippen MR) is 48.1 cm³/mol. The van der Waals surface area contributed by atoms with Crippen molar-refractivity contribution >= 4 is 16.6 Å². The van der Waals surface area contributed by atoms with Gasteiger partial charge in [0.1, 0.15) is 0 Å². The maximum absolute atomic E-state index is 11.0. The summed E-state index contributed by atoms with van der Waals surface area (Å²) in [6.45, 7) is 0. The monoisotopic (exact) mass is 206 g/mol. The largest absolute Gasteiger partial charge is 0.301 e. The average molecular weight is 206 g/mol. The summed E-state index contributed by atoms with van der Waals surface area (Å²) in [5.41, 5.74) is 0. The highest BCUT2D eigenvalue weighted by Gasteiger charge is 2.18. The van der Waals surface area contributed by atoms with Crippen LogP contribution in [0.5, 0.6) is 0 Å². The van der Waals surface area contributed by atoms with E-state index in [1.807, 2.05) is 0 Å². The minimum absolute atomic E-state index is 0.00815. The van der Waals surface area contributed by atoms with Crippen molar-refractivity contribution < 1.29 is 13.2 Å². The Bertz CT molecular complexity index is 257. The Balaban J connectivity index is 2.41. The van der Waals surface area contributed by atoms with E-state index < -0.39 is 10.2 Å². The van der Waals surface area contributed by atoms with Crippen molar-refractivity contribution in [2.75, 3.05) is 0 Å². The highest BCUT2D eigenvalue weighted by Crippen LogP contribution is 2.17. The van der Waals surface area contributed by atoms with Crippen molar-refractivity contribution in [1.29, 1.82) is 0 Å². The van der Waals surface area contributed by atoms with E-state index in [4.69, 9.17) is 0 Å². The summed E-state index contributed by atoms with van der Waals surface area (Å²) >= 11 is 0. The molecule has 13 heavy (non-hydrogen) atoms. The molecule has 1 saturated carbocycles. The summed E-state index contributed by atoms with van der Waals surface area (Å²) in [5.74, 6) is 0. The van der Waals surface area contributed by atoms with E-state index in [9.17, 15) is 13.2 Å². The van der Waals surface area contributed by atoms with Crippen molar-refractivity contribution in [1.82, 2.24) is 9.44 Å². The molecule has 0 aromatic rings. The van der Waals surface area contributed by atoms with Crippen LogP contribution < -0.4 is 9.44 Å². The Morgan fingerprint density at radius 1 is 1.15 bits per heavy atom. The Labute approximate surface area is 78.1 Å². The van der Waals surface area contributed by atoms with Gasteiger partial charge in [-0.2, -0.15) is 13.1 Å². The van der Waals surface area contributed by atoms with Gasteiger partial charge in [-0.3, -0.25) is 4.79 Å². The van der Waals surface area contributed by atoms with Gasteiger partial charge in [0.2, 0.25) is 6.41 Å².